The van der Waals surface area contributed by atoms with E-state index in [-0.39, 0.29) is 58.7 Å². The topological polar surface area (TPSA) is 186 Å². The minimum absolute atomic E-state index is 0.00962. The van der Waals surface area contributed by atoms with Crippen LogP contribution < -0.4 is 20.3 Å². The van der Waals surface area contributed by atoms with Crippen LogP contribution in [0.2, 0.25) is 5.02 Å². The molecule has 0 radical (unpaired) electrons. The van der Waals surface area contributed by atoms with Crippen molar-refractivity contribution < 1.29 is 52.3 Å². The van der Waals surface area contributed by atoms with E-state index < -0.39 is 37.2 Å². The number of imide groups is 1. The van der Waals surface area contributed by atoms with E-state index in [2.05, 4.69) is 13.0 Å². The largest absolute Gasteiger partial charge is 0.489 e. The number of benzene rings is 2. The molecule has 0 bridgehead atoms. The number of carboxylic acids is 1. The maximum absolute atomic E-state index is 14.3. The van der Waals surface area contributed by atoms with Gasteiger partial charge in [-0.15, -0.1) is 11.6 Å². The Labute approximate surface area is 326 Å². The molecular weight excluding hydrogens is 767 g/mol. The molecule has 1 saturated carbocycles. The summed E-state index contributed by atoms with van der Waals surface area (Å²) in [6, 6.07) is 7.34. The molecule has 1 aliphatic heterocycles. The quantitative estimate of drug-likeness (QED) is 0.104. The number of amides is 3. The Balaban J connectivity index is 0.000000301. The Morgan fingerprint density at radius 1 is 1.20 bits per heavy atom. The Bertz CT molecular complexity index is 1730. The van der Waals surface area contributed by atoms with Gasteiger partial charge in [-0.3, -0.25) is 18.9 Å². The normalized spacial score (nSPS) is 16.3. The number of cyclic esters (lactones) is 1. The van der Waals surface area contributed by atoms with Crippen LogP contribution in [0.15, 0.2) is 41.7 Å². The van der Waals surface area contributed by atoms with Gasteiger partial charge in [-0.2, -0.15) is 0 Å². The molecule has 13 nitrogen and oxygen atoms in total. The minimum Gasteiger partial charge on any atom is -0.489 e. The summed E-state index contributed by atoms with van der Waals surface area (Å²) in [5, 5.41) is 8.38. The number of halogens is 3. The van der Waals surface area contributed by atoms with Crippen LogP contribution in [0.3, 0.4) is 0 Å². The highest BCUT2D eigenvalue weighted by molar-refractivity contribution is 7.57. The highest BCUT2D eigenvalue weighted by atomic mass is 35.5. The smallest absolute Gasteiger partial charge is 0.427 e. The zero-order chi connectivity index (χ0) is 40.9. The third-order valence-corrected chi connectivity index (χ3v) is 10.0. The lowest BCUT2D eigenvalue weighted by Crippen LogP contribution is -2.43. The summed E-state index contributed by atoms with van der Waals surface area (Å²) in [5.41, 5.74) is 8.61. The molecule has 3 atom stereocenters. The van der Waals surface area contributed by atoms with Crippen LogP contribution >= 0.6 is 30.6 Å². The van der Waals surface area contributed by atoms with Crippen LogP contribution in [0, 0.1) is 12.7 Å². The summed E-state index contributed by atoms with van der Waals surface area (Å²) in [6.45, 7) is 11.0. The van der Waals surface area contributed by atoms with Gasteiger partial charge >= 0.3 is 18.0 Å². The van der Waals surface area contributed by atoms with Crippen molar-refractivity contribution in [3.63, 3.8) is 0 Å². The summed E-state index contributed by atoms with van der Waals surface area (Å²) in [5.74, 6) is -2.58. The highest BCUT2D eigenvalue weighted by Crippen LogP contribution is 2.38. The van der Waals surface area contributed by atoms with Crippen molar-refractivity contribution in [2.75, 3.05) is 42.2 Å². The lowest BCUT2D eigenvalue weighted by molar-refractivity contribution is -0.138. The molecule has 0 aromatic heterocycles. The number of allylic oxidation sites excluding steroid dienone is 1. The molecular formula is C37H51Cl2FN3O10P. The number of carbonyl (C=O) groups excluding carboxylic acids is 3. The van der Waals surface area contributed by atoms with Gasteiger partial charge in [0.15, 0.2) is 13.1 Å². The van der Waals surface area contributed by atoms with Crippen LogP contribution in [-0.4, -0.2) is 84.5 Å². The molecule has 3 unspecified atom stereocenters. The fourth-order valence-corrected chi connectivity index (χ4v) is 6.75. The van der Waals surface area contributed by atoms with E-state index in [1.54, 1.807) is 25.9 Å². The zero-order valence-electron chi connectivity index (χ0n) is 31.7. The number of nitrogens with zero attached hydrogens (tertiary/aromatic N) is 2. The number of nitrogens with two attached hydrogens (primary N) is 1. The van der Waals surface area contributed by atoms with Crippen molar-refractivity contribution in [1.29, 1.82) is 0 Å². The highest BCUT2D eigenvalue weighted by Gasteiger charge is 2.40. The van der Waals surface area contributed by atoms with Crippen molar-refractivity contribution >= 4 is 65.8 Å². The van der Waals surface area contributed by atoms with Gasteiger partial charge in [-0.1, -0.05) is 36.7 Å². The predicted molar refractivity (Wildman–Crippen MR) is 208 cm³/mol. The summed E-state index contributed by atoms with van der Waals surface area (Å²) < 4.78 is 40.9. The first-order valence-corrected chi connectivity index (χ1v) is 20.6. The number of ether oxygens (including phenoxy) is 3. The van der Waals surface area contributed by atoms with E-state index in [1.807, 2.05) is 26.0 Å². The van der Waals surface area contributed by atoms with Crippen molar-refractivity contribution in [2.45, 2.75) is 91.3 Å². The predicted octanol–water partition coefficient (Wildman–Crippen LogP) is 7.43. The van der Waals surface area contributed by atoms with Gasteiger partial charge in [-0.25, -0.2) is 14.1 Å². The number of alkyl halides is 1. The number of aliphatic carboxylic acids is 1. The lowest BCUT2D eigenvalue weighted by Gasteiger charge is -2.31. The van der Waals surface area contributed by atoms with Gasteiger partial charge in [0.1, 0.15) is 23.5 Å². The second kappa shape index (κ2) is 21.5. The second-order valence-electron chi connectivity index (χ2n) is 13.2. The van der Waals surface area contributed by atoms with E-state index in [0.29, 0.717) is 17.1 Å². The summed E-state index contributed by atoms with van der Waals surface area (Å²) in [6.07, 6.45) is 3.88. The average molecular weight is 819 g/mol. The maximum Gasteiger partial charge on any atom is 0.427 e. The van der Waals surface area contributed by atoms with Gasteiger partial charge in [0.25, 0.3) is 0 Å². The Kier molecular flexibility index (Phi) is 18.6. The first-order chi connectivity index (χ1) is 25.3. The third kappa shape index (κ3) is 13.3. The van der Waals surface area contributed by atoms with E-state index >= 15 is 0 Å². The molecule has 300 valence electrons. The summed E-state index contributed by atoms with van der Waals surface area (Å²) >= 11 is 11.8. The molecule has 17 heteroatoms. The lowest BCUT2D eigenvalue weighted by atomic mass is 10.0. The van der Waals surface area contributed by atoms with Crippen molar-refractivity contribution in [1.82, 2.24) is 0 Å². The van der Waals surface area contributed by atoms with Gasteiger partial charge in [0.2, 0.25) is 5.91 Å². The van der Waals surface area contributed by atoms with Gasteiger partial charge < -0.3 is 34.8 Å². The molecule has 3 amide bonds. The second-order valence-corrected chi connectivity index (χ2v) is 16.5. The molecule has 1 aliphatic carbocycles. The first kappa shape index (κ1) is 46.6. The molecule has 2 aromatic rings. The molecule has 4 rings (SSSR count). The molecule has 4 N–H and O–H groups in total. The fourth-order valence-electron chi connectivity index (χ4n) is 5.67. The molecule has 1 saturated heterocycles. The SMILES string of the molecule is CC(C)=C1OC(=O)N(c2cc(OC3CCCC3)c(Cl)cc2F)C1=O.CCc1cccc(C)c1N(C(=O)CCl)C(C)COC.CP(=O)(O)CCC(N)C(=O)O. The molecule has 2 fully saturated rings. The van der Waals surface area contributed by atoms with E-state index in [1.165, 1.54) is 12.7 Å². The number of aryl methyl sites for hydroxylation is 2. The number of methoxy groups -OCH3 is 1. The Morgan fingerprint density at radius 3 is 2.33 bits per heavy atom. The van der Waals surface area contributed by atoms with E-state index in [0.717, 1.165) is 55.0 Å². The van der Waals surface area contributed by atoms with E-state index in [9.17, 15) is 28.1 Å². The van der Waals surface area contributed by atoms with Gasteiger partial charge in [0, 0.05) is 26.0 Å². The molecule has 1 heterocycles. The third-order valence-electron chi connectivity index (χ3n) is 8.41. The van der Waals surface area contributed by atoms with Crippen LogP contribution in [0.4, 0.5) is 20.6 Å². The van der Waals surface area contributed by atoms with Crippen LogP contribution in [0.1, 0.15) is 70.9 Å². The van der Waals surface area contributed by atoms with Crippen LogP contribution in [0.5, 0.6) is 5.75 Å². The number of carbonyl (C=O) groups is 4. The summed E-state index contributed by atoms with van der Waals surface area (Å²) in [4.78, 5) is 57.8. The zero-order valence-corrected chi connectivity index (χ0v) is 34.1. The van der Waals surface area contributed by atoms with Gasteiger partial charge in [-0.05, 0) is 89.0 Å². The Morgan fingerprint density at radius 2 is 1.83 bits per heavy atom. The van der Waals surface area contributed by atoms with Crippen LogP contribution in [0.25, 0.3) is 0 Å². The number of para-hydroxylation sites is 1. The van der Waals surface area contributed by atoms with Crippen molar-refractivity contribution in [3.8, 4) is 5.75 Å². The van der Waals surface area contributed by atoms with Gasteiger partial charge in [0.05, 0.1) is 35.2 Å². The Hall–Kier alpha value is -3.52. The minimum atomic E-state index is -3.10. The molecule has 2 aromatic carbocycles. The fraction of sp³-hybridized carbons (Fsp3) is 0.514. The monoisotopic (exact) mass is 817 g/mol. The molecule has 0 spiro atoms. The van der Waals surface area contributed by atoms with Crippen molar-refractivity contribution in [2.24, 2.45) is 5.73 Å². The molecule has 2 aliphatic rings. The number of hydrogen-bond acceptors (Lipinski definition) is 9. The molecule has 54 heavy (non-hydrogen) atoms. The van der Waals surface area contributed by atoms with Crippen LogP contribution in [-0.2, 0) is 34.8 Å². The average Bonchev–Trinajstić information content (AvgIpc) is 3.72. The number of rotatable bonds is 13. The maximum atomic E-state index is 14.3. The number of hydrogen-bond donors (Lipinski definition) is 3. The number of carboxylic acid groups (broad SMARTS) is 1. The van der Waals surface area contributed by atoms with E-state index in [4.69, 9.17) is 53.1 Å². The number of anilines is 2. The summed E-state index contributed by atoms with van der Waals surface area (Å²) in [7, 11) is -1.47. The van der Waals surface area contributed by atoms with Crippen molar-refractivity contribution in [3.05, 3.63) is 63.6 Å². The first-order valence-electron chi connectivity index (χ1n) is 17.4. The standard InChI is InChI=1S/C17H17ClFNO4.C15H22ClNO2.C5H12NO4P/c1-9(2)15-16(21)20(17(22)24-15)13-8-14(11(18)7-12(13)19)23-10-5-3-4-6-10;1-5-13-8-6-7-11(2)15(13)17(14(18)9-16)12(3)10-19-4;1-11(9,10)3-2-4(6)5(7)8/h7-8,10H,3-6H2,1-2H3;6-8,12H,5,9-10H2,1-4H3;4H,2-3,6H2,1H3,(H,7,8)(H,9,10).